The molecule has 1 heteroatoms. The van der Waals surface area contributed by atoms with Gasteiger partial charge in [-0.2, -0.15) is 0 Å². The smallest absolute Gasteiger partial charge is 0.0390 e. The van der Waals surface area contributed by atoms with Crippen molar-refractivity contribution < 1.29 is 0 Å². The first-order chi connectivity index (χ1) is 29.7. The number of benzene rings is 12. The van der Waals surface area contributed by atoms with E-state index in [2.05, 4.69) is 206 Å². The number of fused-ring (bicyclic) bond motifs is 17. The van der Waals surface area contributed by atoms with Crippen LogP contribution in [0.2, 0.25) is 0 Å². The molecule has 0 N–H and O–H groups in total. The predicted molar refractivity (Wildman–Crippen MR) is 262 cm³/mol. The molecule has 0 aliphatic heterocycles. The molecular formula is C59H36S. The van der Waals surface area contributed by atoms with Crippen LogP contribution in [0, 0.1) is 0 Å². The highest BCUT2D eigenvalue weighted by atomic mass is 32.1. The van der Waals surface area contributed by atoms with E-state index in [4.69, 9.17) is 0 Å². The zero-order chi connectivity index (χ0) is 39.3. The maximum Gasteiger partial charge on any atom is 0.0390 e. The van der Waals surface area contributed by atoms with E-state index in [0.29, 0.717) is 0 Å². The maximum atomic E-state index is 2.47. The molecule has 0 aliphatic carbocycles. The molecule has 60 heavy (non-hydrogen) atoms. The Hall–Kier alpha value is -7.32. The van der Waals surface area contributed by atoms with Gasteiger partial charge in [0.05, 0.1) is 0 Å². The van der Waals surface area contributed by atoms with Crippen molar-refractivity contribution in [3.63, 3.8) is 0 Å². The second kappa shape index (κ2) is 13.1. The Morgan fingerprint density at radius 1 is 0.267 bits per heavy atom. The molecule has 12 aromatic carbocycles. The van der Waals surface area contributed by atoms with Crippen molar-refractivity contribution >= 4 is 107 Å². The summed E-state index contributed by atoms with van der Waals surface area (Å²) in [4.78, 5) is 0. The summed E-state index contributed by atoms with van der Waals surface area (Å²) < 4.78 is 2.74. The summed E-state index contributed by atoms with van der Waals surface area (Å²) in [6, 6.07) is 77.2. The van der Waals surface area contributed by atoms with Crippen molar-refractivity contribution in [3.8, 4) is 22.3 Å². The molecule has 278 valence electrons. The second-order valence-corrected chi connectivity index (χ2v) is 17.4. The van der Waals surface area contributed by atoms with Gasteiger partial charge >= 0.3 is 0 Å². The van der Waals surface area contributed by atoms with E-state index in [9.17, 15) is 0 Å². The molecule has 1 aromatic heterocycles. The Balaban J connectivity index is 1.04. The van der Waals surface area contributed by atoms with Gasteiger partial charge < -0.3 is 0 Å². The highest BCUT2D eigenvalue weighted by Gasteiger charge is 2.18. The van der Waals surface area contributed by atoms with Crippen LogP contribution in [0.3, 0.4) is 0 Å². The fourth-order valence-corrected chi connectivity index (χ4v) is 11.5. The first-order valence-corrected chi connectivity index (χ1v) is 21.7. The van der Waals surface area contributed by atoms with E-state index in [0.717, 1.165) is 6.42 Å². The third kappa shape index (κ3) is 5.03. The van der Waals surface area contributed by atoms with Crippen molar-refractivity contribution in [2.75, 3.05) is 0 Å². The van der Waals surface area contributed by atoms with Gasteiger partial charge in [-0.3, -0.25) is 0 Å². The van der Waals surface area contributed by atoms with Gasteiger partial charge in [-0.1, -0.05) is 182 Å². The molecule has 1 heterocycles. The highest BCUT2D eigenvalue weighted by Crippen LogP contribution is 2.46. The Morgan fingerprint density at radius 3 is 1.42 bits per heavy atom. The number of rotatable bonds is 4. The zero-order valence-electron chi connectivity index (χ0n) is 32.7. The molecule has 0 nitrogen and oxygen atoms in total. The molecule has 0 unspecified atom stereocenters. The van der Waals surface area contributed by atoms with Crippen LogP contribution >= 0.6 is 11.3 Å². The van der Waals surface area contributed by atoms with Crippen molar-refractivity contribution in [2.45, 2.75) is 6.42 Å². The minimum atomic E-state index is 0.882. The topological polar surface area (TPSA) is 0 Å². The van der Waals surface area contributed by atoms with Gasteiger partial charge in [-0.25, -0.2) is 0 Å². The molecule has 0 amide bonds. The van der Waals surface area contributed by atoms with Crippen LogP contribution in [0.1, 0.15) is 11.1 Å². The molecule has 0 aliphatic rings. The molecule has 0 atom stereocenters. The lowest BCUT2D eigenvalue weighted by Gasteiger charge is -2.18. The zero-order valence-corrected chi connectivity index (χ0v) is 33.6. The van der Waals surface area contributed by atoms with Crippen LogP contribution in [-0.2, 0) is 6.42 Å². The standard InChI is InChI=1S/C59H36S/c1-2-13-36(14-3-1)38-26-29-48-49-30-27-39(35-55(49)58-52-22-9-7-19-47(52)46-18-6-8-21-51(46)57(58)54(48)34-38)37-25-28-44-41(31-37)33-42(43-16-4-5-17-45(43)44)32-40-15-12-23-53-50-20-10-11-24-56(50)60-59(40)53/h1-31,33-35H,32H2. The van der Waals surface area contributed by atoms with Crippen molar-refractivity contribution in [2.24, 2.45) is 0 Å². The van der Waals surface area contributed by atoms with Crippen LogP contribution in [-0.4, -0.2) is 0 Å². The fraction of sp³-hybridized carbons (Fsp3) is 0.0169. The molecule has 0 bridgehead atoms. The van der Waals surface area contributed by atoms with Crippen LogP contribution in [0.5, 0.6) is 0 Å². The molecule has 0 spiro atoms. The highest BCUT2D eigenvalue weighted by molar-refractivity contribution is 7.26. The van der Waals surface area contributed by atoms with Crippen LogP contribution in [0.25, 0.3) is 118 Å². The molecule has 0 fully saturated rings. The predicted octanol–water partition coefficient (Wildman–Crippen LogP) is 17.1. The average Bonchev–Trinajstić information content (AvgIpc) is 3.71. The summed E-state index contributed by atoms with van der Waals surface area (Å²) in [5.74, 6) is 0. The van der Waals surface area contributed by atoms with Crippen LogP contribution in [0.15, 0.2) is 206 Å². The minimum Gasteiger partial charge on any atom is -0.135 e. The molecule has 0 saturated heterocycles. The second-order valence-electron chi connectivity index (χ2n) is 16.3. The largest absolute Gasteiger partial charge is 0.135 e. The van der Waals surface area contributed by atoms with Gasteiger partial charge in [0.25, 0.3) is 0 Å². The Labute approximate surface area is 351 Å². The van der Waals surface area contributed by atoms with Crippen molar-refractivity contribution in [1.82, 2.24) is 0 Å². The lowest BCUT2D eigenvalue weighted by atomic mass is 9.85. The fourth-order valence-electron chi connectivity index (χ4n) is 10.3. The van der Waals surface area contributed by atoms with Gasteiger partial charge in [0.15, 0.2) is 0 Å². The van der Waals surface area contributed by atoms with Gasteiger partial charge in [0, 0.05) is 20.2 Å². The number of thiophene rings is 1. The van der Waals surface area contributed by atoms with E-state index in [-0.39, 0.29) is 0 Å². The SMILES string of the molecule is c1ccc(-c2ccc3c4ccc(-c5ccc6c(c5)cc(Cc5cccc7c5sc5ccccc57)c5ccccc56)cc4c4c5ccccc5c5ccccc5c4c3c2)cc1. The minimum absolute atomic E-state index is 0.882. The van der Waals surface area contributed by atoms with Gasteiger partial charge in [0.2, 0.25) is 0 Å². The van der Waals surface area contributed by atoms with Gasteiger partial charge in [0.1, 0.15) is 0 Å². The summed E-state index contributed by atoms with van der Waals surface area (Å²) in [5, 5.41) is 20.9. The van der Waals surface area contributed by atoms with E-state index in [1.54, 1.807) is 0 Å². The normalized spacial score (nSPS) is 12.1. The maximum absolute atomic E-state index is 2.47. The monoisotopic (exact) mass is 776 g/mol. The van der Waals surface area contributed by atoms with Crippen LogP contribution in [0.4, 0.5) is 0 Å². The van der Waals surface area contributed by atoms with Crippen LogP contribution < -0.4 is 0 Å². The average molecular weight is 777 g/mol. The molecule has 13 rings (SSSR count). The van der Waals surface area contributed by atoms with E-state index < -0.39 is 0 Å². The summed E-state index contributed by atoms with van der Waals surface area (Å²) in [6.07, 6.45) is 0.882. The first kappa shape index (κ1) is 33.6. The molecule has 13 aromatic rings. The Bertz CT molecular complexity index is 3910. The van der Waals surface area contributed by atoms with E-state index in [1.807, 2.05) is 11.3 Å². The molecule has 0 radical (unpaired) electrons. The third-order valence-electron chi connectivity index (χ3n) is 13.1. The quantitative estimate of drug-likeness (QED) is 0.156. The Morgan fingerprint density at radius 2 is 0.750 bits per heavy atom. The van der Waals surface area contributed by atoms with E-state index >= 15 is 0 Å². The summed E-state index contributed by atoms with van der Waals surface area (Å²) >= 11 is 1.92. The first-order valence-electron chi connectivity index (χ1n) is 20.9. The summed E-state index contributed by atoms with van der Waals surface area (Å²) in [6.45, 7) is 0. The van der Waals surface area contributed by atoms with Gasteiger partial charge in [-0.05, 0) is 139 Å². The van der Waals surface area contributed by atoms with Crippen molar-refractivity contribution in [3.05, 3.63) is 217 Å². The number of hydrogen-bond donors (Lipinski definition) is 0. The lowest BCUT2D eigenvalue weighted by Crippen LogP contribution is -1.92. The summed E-state index contributed by atoms with van der Waals surface area (Å²) in [7, 11) is 0. The Kier molecular flexibility index (Phi) is 7.34. The lowest BCUT2D eigenvalue weighted by molar-refractivity contribution is 1.25. The third-order valence-corrected chi connectivity index (χ3v) is 14.3. The van der Waals surface area contributed by atoms with E-state index in [1.165, 1.54) is 129 Å². The van der Waals surface area contributed by atoms with Crippen molar-refractivity contribution in [1.29, 1.82) is 0 Å². The van der Waals surface area contributed by atoms with Gasteiger partial charge in [-0.15, -0.1) is 11.3 Å². The molecule has 0 saturated carbocycles. The summed E-state index contributed by atoms with van der Waals surface area (Å²) in [5.41, 5.74) is 7.68. The molecular weight excluding hydrogens is 741 g/mol. The number of hydrogen-bond acceptors (Lipinski definition) is 1.